The van der Waals surface area contributed by atoms with E-state index in [1.54, 1.807) is 30.3 Å². The maximum atomic E-state index is 12.6. The Balaban J connectivity index is 1.71. The van der Waals surface area contributed by atoms with Gasteiger partial charge in [0, 0.05) is 21.8 Å². The molecule has 0 radical (unpaired) electrons. The van der Waals surface area contributed by atoms with Gasteiger partial charge in [-0.3, -0.25) is 10.1 Å². The van der Waals surface area contributed by atoms with Gasteiger partial charge in [-0.25, -0.2) is 4.79 Å². The summed E-state index contributed by atoms with van der Waals surface area (Å²) in [6, 6.07) is 8.31. The van der Waals surface area contributed by atoms with Crippen molar-refractivity contribution < 1.29 is 33.6 Å². The molecule has 1 aliphatic heterocycles. The Morgan fingerprint density at radius 3 is 2.74 bits per heavy atom. The van der Waals surface area contributed by atoms with Crippen molar-refractivity contribution in [3.8, 4) is 17.2 Å². The van der Waals surface area contributed by atoms with Crippen LogP contribution in [-0.2, 0) is 14.3 Å². The number of carbonyl (C=O) groups excluding carboxylic acids is 2. The molecule has 166 valence electrons. The molecule has 11 heteroatoms. The van der Waals surface area contributed by atoms with Gasteiger partial charge in [0.2, 0.25) is 6.79 Å². The lowest BCUT2D eigenvalue weighted by molar-refractivity contribution is -0.140. The number of anilines is 1. The molecular formula is C20H19Br2NO7S. The summed E-state index contributed by atoms with van der Waals surface area (Å²) in [7, 11) is 0. The SMILES string of the molecule is O=C(CS)OCCC[C@H](OC(=O)Nc1ccc2c(c1)OCO2)c1cc(Br)cc(Br)c1O. The minimum atomic E-state index is -0.794. The Labute approximate surface area is 200 Å². The first-order valence-corrected chi connectivity index (χ1v) is 11.4. The minimum absolute atomic E-state index is 0.0166. The average Bonchev–Trinajstić information content (AvgIpc) is 3.20. The zero-order valence-corrected chi connectivity index (χ0v) is 20.2. The molecule has 0 spiro atoms. The van der Waals surface area contributed by atoms with Crippen LogP contribution < -0.4 is 14.8 Å². The summed E-state index contributed by atoms with van der Waals surface area (Å²) in [5.41, 5.74) is 0.873. The van der Waals surface area contributed by atoms with E-state index in [-0.39, 0.29) is 24.9 Å². The van der Waals surface area contributed by atoms with Crippen LogP contribution in [0, 0.1) is 0 Å². The van der Waals surface area contributed by atoms with Gasteiger partial charge in [0.15, 0.2) is 11.5 Å². The van der Waals surface area contributed by atoms with Gasteiger partial charge < -0.3 is 24.1 Å². The van der Waals surface area contributed by atoms with Crippen LogP contribution in [0.3, 0.4) is 0 Å². The number of rotatable bonds is 8. The van der Waals surface area contributed by atoms with Crippen molar-refractivity contribution in [3.63, 3.8) is 0 Å². The fraction of sp³-hybridized carbons (Fsp3) is 0.300. The van der Waals surface area contributed by atoms with E-state index in [2.05, 4.69) is 49.8 Å². The van der Waals surface area contributed by atoms with Gasteiger partial charge in [-0.15, -0.1) is 0 Å². The summed E-state index contributed by atoms with van der Waals surface area (Å²) in [4.78, 5) is 23.8. The molecule has 0 unspecified atom stereocenters. The van der Waals surface area contributed by atoms with Crippen LogP contribution in [0.2, 0.25) is 0 Å². The van der Waals surface area contributed by atoms with Crippen molar-refractivity contribution in [1.29, 1.82) is 0 Å². The van der Waals surface area contributed by atoms with Gasteiger partial charge in [-0.1, -0.05) is 15.9 Å². The molecule has 31 heavy (non-hydrogen) atoms. The highest BCUT2D eigenvalue weighted by Crippen LogP contribution is 2.39. The topological polar surface area (TPSA) is 103 Å². The van der Waals surface area contributed by atoms with E-state index >= 15 is 0 Å². The first-order chi connectivity index (χ1) is 14.9. The van der Waals surface area contributed by atoms with Crippen LogP contribution in [0.25, 0.3) is 0 Å². The number of ether oxygens (including phenoxy) is 4. The molecule has 0 bridgehead atoms. The van der Waals surface area contributed by atoms with Crippen molar-refractivity contribution >= 4 is 62.2 Å². The molecule has 1 heterocycles. The molecule has 0 saturated heterocycles. The van der Waals surface area contributed by atoms with Gasteiger partial charge in [0.1, 0.15) is 11.9 Å². The average molecular weight is 577 g/mol. The van der Waals surface area contributed by atoms with Crippen LogP contribution in [0.5, 0.6) is 17.2 Å². The summed E-state index contributed by atoms with van der Waals surface area (Å²) in [6.45, 7) is 0.263. The van der Waals surface area contributed by atoms with Crippen LogP contribution >= 0.6 is 44.5 Å². The van der Waals surface area contributed by atoms with Crippen LogP contribution in [-0.4, -0.2) is 36.3 Å². The number of esters is 1. The maximum absolute atomic E-state index is 12.6. The molecule has 8 nitrogen and oxygen atoms in total. The Bertz CT molecular complexity index is 973. The molecule has 1 atom stereocenters. The van der Waals surface area contributed by atoms with E-state index in [0.29, 0.717) is 44.5 Å². The van der Waals surface area contributed by atoms with E-state index in [1.165, 1.54) is 0 Å². The summed E-state index contributed by atoms with van der Waals surface area (Å²) >= 11 is 10.5. The van der Waals surface area contributed by atoms with Crippen molar-refractivity contribution in [2.45, 2.75) is 18.9 Å². The van der Waals surface area contributed by atoms with Crippen LogP contribution in [0.1, 0.15) is 24.5 Å². The Kier molecular flexibility index (Phi) is 8.33. The van der Waals surface area contributed by atoms with Crippen LogP contribution in [0.15, 0.2) is 39.3 Å². The second kappa shape index (κ2) is 11.0. The third-order valence-corrected chi connectivity index (χ3v) is 5.60. The Morgan fingerprint density at radius 2 is 1.97 bits per heavy atom. The summed E-state index contributed by atoms with van der Waals surface area (Å²) < 4.78 is 22.3. The Hall–Kier alpha value is -2.11. The largest absolute Gasteiger partial charge is 0.506 e. The van der Waals surface area contributed by atoms with Crippen molar-refractivity contribution in [2.75, 3.05) is 24.5 Å². The number of amides is 1. The first kappa shape index (κ1) is 23.6. The van der Waals surface area contributed by atoms with Crippen LogP contribution in [0.4, 0.5) is 10.5 Å². The molecule has 3 rings (SSSR count). The summed E-state index contributed by atoms with van der Waals surface area (Å²) in [5.74, 6) is 0.619. The summed E-state index contributed by atoms with van der Waals surface area (Å²) in [5, 5.41) is 13.1. The molecule has 2 N–H and O–H groups in total. The third kappa shape index (κ3) is 6.44. The van der Waals surface area contributed by atoms with Gasteiger partial charge >= 0.3 is 12.1 Å². The number of hydrogen-bond acceptors (Lipinski definition) is 8. The molecule has 2 aromatic carbocycles. The lowest BCUT2D eigenvalue weighted by atomic mass is 10.0. The fourth-order valence-electron chi connectivity index (χ4n) is 2.86. The number of hydrogen-bond donors (Lipinski definition) is 3. The summed E-state index contributed by atoms with van der Waals surface area (Å²) in [6.07, 6.45) is -0.792. The predicted molar refractivity (Wildman–Crippen MR) is 123 cm³/mol. The van der Waals surface area contributed by atoms with Gasteiger partial charge in [0.25, 0.3) is 0 Å². The number of phenolic OH excluding ortho intramolecular Hbond substituents is 1. The molecule has 1 aliphatic rings. The number of nitrogens with one attached hydrogen (secondary N) is 1. The van der Waals surface area contributed by atoms with Crippen molar-refractivity contribution in [1.82, 2.24) is 0 Å². The lowest BCUT2D eigenvalue weighted by Gasteiger charge is -2.20. The van der Waals surface area contributed by atoms with Gasteiger partial charge in [0.05, 0.1) is 16.8 Å². The zero-order chi connectivity index (χ0) is 22.4. The van der Waals surface area contributed by atoms with E-state index in [0.717, 1.165) is 0 Å². The Morgan fingerprint density at radius 1 is 1.19 bits per heavy atom. The standard InChI is InChI=1S/C20H19Br2NO7S/c21-11-6-13(19(25)14(22)7-11)15(2-1-5-27-18(24)9-31)30-20(26)23-12-3-4-16-17(8-12)29-10-28-16/h3-4,6-8,15,25,31H,1-2,5,9-10H2,(H,23,26)/t15-/m0/s1. The molecule has 0 aliphatic carbocycles. The second-order valence-electron chi connectivity index (χ2n) is 6.43. The molecule has 1 amide bonds. The third-order valence-electron chi connectivity index (χ3n) is 4.28. The number of carbonyl (C=O) groups is 2. The monoisotopic (exact) mass is 575 g/mol. The molecule has 2 aromatic rings. The highest BCUT2D eigenvalue weighted by Gasteiger charge is 2.23. The quantitative estimate of drug-likeness (QED) is 0.226. The predicted octanol–water partition coefficient (Wildman–Crippen LogP) is 5.19. The number of fused-ring (bicyclic) bond motifs is 1. The first-order valence-electron chi connectivity index (χ1n) is 9.19. The molecule has 0 aromatic heterocycles. The van der Waals surface area contributed by atoms with E-state index < -0.39 is 18.2 Å². The molecule has 0 fully saturated rings. The number of halogens is 2. The number of thiol groups is 1. The smallest absolute Gasteiger partial charge is 0.412 e. The van der Waals surface area contributed by atoms with Gasteiger partial charge in [-0.05, 0) is 53.0 Å². The maximum Gasteiger partial charge on any atom is 0.412 e. The number of aromatic hydroxyl groups is 1. The molecular weight excluding hydrogens is 558 g/mol. The highest BCUT2D eigenvalue weighted by molar-refractivity contribution is 9.11. The highest BCUT2D eigenvalue weighted by atomic mass is 79.9. The van der Waals surface area contributed by atoms with E-state index in [4.69, 9.17) is 18.9 Å². The normalized spacial score (nSPS) is 12.9. The van der Waals surface area contributed by atoms with Crippen molar-refractivity contribution in [2.24, 2.45) is 0 Å². The minimum Gasteiger partial charge on any atom is -0.506 e. The van der Waals surface area contributed by atoms with E-state index in [1.807, 2.05) is 0 Å². The van der Waals surface area contributed by atoms with Crippen molar-refractivity contribution in [3.05, 3.63) is 44.8 Å². The number of benzene rings is 2. The number of phenols is 1. The van der Waals surface area contributed by atoms with Gasteiger partial charge in [-0.2, -0.15) is 12.6 Å². The van der Waals surface area contributed by atoms with E-state index in [9.17, 15) is 14.7 Å². The fourth-order valence-corrected chi connectivity index (χ4v) is 4.21. The lowest BCUT2D eigenvalue weighted by Crippen LogP contribution is -2.18. The molecule has 0 saturated carbocycles. The zero-order valence-electron chi connectivity index (χ0n) is 16.1. The second-order valence-corrected chi connectivity index (χ2v) is 8.52.